The number of benzene rings is 1. The molecule has 0 saturated carbocycles. The monoisotopic (exact) mass is 362 g/mol. The second kappa shape index (κ2) is 7.78. The number of nitrogens with zero attached hydrogens (tertiary/aromatic N) is 2. The molecule has 0 radical (unpaired) electrons. The van der Waals surface area contributed by atoms with Crippen molar-refractivity contribution < 1.29 is 9.32 Å². The van der Waals surface area contributed by atoms with Crippen LogP contribution in [0.5, 0.6) is 0 Å². The second-order valence-corrected chi connectivity index (χ2v) is 6.76. The van der Waals surface area contributed by atoms with Crippen LogP contribution in [0.3, 0.4) is 0 Å². The van der Waals surface area contributed by atoms with E-state index in [4.69, 9.17) is 16.1 Å². The van der Waals surface area contributed by atoms with E-state index in [0.29, 0.717) is 11.6 Å². The molecule has 25 heavy (non-hydrogen) atoms. The molecule has 2 amide bonds. The number of piperidine rings is 1. The molecule has 3 rings (SSSR count). The van der Waals surface area contributed by atoms with Crippen LogP contribution in [-0.4, -0.2) is 24.3 Å². The maximum Gasteiger partial charge on any atom is 0.319 e. The van der Waals surface area contributed by atoms with Gasteiger partial charge >= 0.3 is 6.03 Å². The van der Waals surface area contributed by atoms with E-state index in [1.165, 1.54) is 19.3 Å². The number of nitrogens with one attached hydrogen (secondary N) is 2. The van der Waals surface area contributed by atoms with Crippen molar-refractivity contribution in [1.82, 2.24) is 10.5 Å². The van der Waals surface area contributed by atoms with Crippen LogP contribution in [0.1, 0.15) is 36.3 Å². The summed E-state index contributed by atoms with van der Waals surface area (Å²) in [5.41, 5.74) is 3.43. The zero-order valence-electron chi connectivity index (χ0n) is 14.6. The highest BCUT2D eigenvalue weighted by atomic mass is 35.5. The van der Waals surface area contributed by atoms with Crippen LogP contribution < -0.4 is 15.5 Å². The van der Waals surface area contributed by atoms with Gasteiger partial charge in [-0.15, -0.1) is 0 Å². The first kappa shape index (κ1) is 17.6. The molecule has 1 aliphatic heterocycles. The quantitative estimate of drug-likeness (QED) is 0.852. The van der Waals surface area contributed by atoms with Gasteiger partial charge < -0.3 is 20.1 Å². The topological polar surface area (TPSA) is 70.4 Å². The SMILES string of the molecule is Cc1noc(C)c1CNC(=O)Nc1cc(Cl)ccc1N1CCCCC1. The van der Waals surface area contributed by atoms with Crippen molar-refractivity contribution in [3.63, 3.8) is 0 Å². The third-order valence-corrected chi connectivity index (χ3v) is 4.75. The molecule has 0 atom stereocenters. The molecule has 1 fully saturated rings. The zero-order valence-corrected chi connectivity index (χ0v) is 15.3. The number of carbonyl (C=O) groups excluding carboxylic acids is 1. The van der Waals surface area contributed by atoms with E-state index in [-0.39, 0.29) is 6.03 Å². The summed E-state index contributed by atoms with van der Waals surface area (Å²) in [6.45, 7) is 6.05. The number of rotatable bonds is 4. The Morgan fingerprint density at radius 1 is 1.28 bits per heavy atom. The third-order valence-electron chi connectivity index (χ3n) is 4.51. The Morgan fingerprint density at radius 2 is 2.04 bits per heavy atom. The molecule has 1 saturated heterocycles. The van der Waals surface area contributed by atoms with E-state index < -0.39 is 0 Å². The number of carbonyl (C=O) groups is 1. The Kier molecular flexibility index (Phi) is 5.48. The first-order valence-corrected chi connectivity index (χ1v) is 8.93. The largest absolute Gasteiger partial charge is 0.370 e. The number of aryl methyl sites for hydroxylation is 2. The highest BCUT2D eigenvalue weighted by molar-refractivity contribution is 6.31. The Morgan fingerprint density at radius 3 is 2.72 bits per heavy atom. The van der Waals surface area contributed by atoms with E-state index >= 15 is 0 Å². The summed E-state index contributed by atoms with van der Waals surface area (Å²) < 4.78 is 5.11. The molecule has 0 aliphatic carbocycles. The van der Waals surface area contributed by atoms with Gasteiger partial charge in [0.15, 0.2) is 0 Å². The molecule has 2 heterocycles. The van der Waals surface area contributed by atoms with Crippen molar-refractivity contribution in [2.75, 3.05) is 23.3 Å². The minimum atomic E-state index is -0.277. The van der Waals surface area contributed by atoms with Crippen molar-refractivity contribution >= 4 is 29.0 Å². The number of hydrogen-bond acceptors (Lipinski definition) is 4. The molecule has 134 valence electrons. The summed E-state index contributed by atoms with van der Waals surface area (Å²) in [6, 6.07) is 5.34. The Balaban J connectivity index is 1.68. The highest BCUT2D eigenvalue weighted by Crippen LogP contribution is 2.31. The zero-order chi connectivity index (χ0) is 17.8. The lowest BCUT2D eigenvalue weighted by Crippen LogP contribution is -2.32. The van der Waals surface area contributed by atoms with Crippen LogP contribution >= 0.6 is 11.6 Å². The molecule has 2 aromatic rings. The lowest BCUT2D eigenvalue weighted by atomic mass is 10.1. The van der Waals surface area contributed by atoms with Crippen molar-refractivity contribution in [2.24, 2.45) is 0 Å². The Labute approximate surface area is 152 Å². The van der Waals surface area contributed by atoms with Crippen LogP contribution in [0.15, 0.2) is 22.7 Å². The average Bonchev–Trinajstić information content (AvgIpc) is 2.92. The summed E-state index contributed by atoms with van der Waals surface area (Å²) in [5, 5.41) is 10.3. The fourth-order valence-electron chi connectivity index (χ4n) is 3.11. The number of anilines is 2. The van der Waals surface area contributed by atoms with Crippen LogP contribution in [0.4, 0.5) is 16.2 Å². The number of amides is 2. The van der Waals surface area contributed by atoms with Crippen molar-refractivity contribution in [3.8, 4) is 0 Å². The number of aromatic nitrogens is 1. The summed E-state index contributed by atoms with van der Waals surface area (Å²) in [7, 11) is 0. The first-order chi connectivity index (χ1) is 12.0. The van der Waals surface area contributed by atoms with Gasteiger partial charge in [-0.2, -0.15) is 0 Å². The smallest absolute Gasteiger partial charge is 0.319 e. The molecule has 6 nitrogen and oxygen atoms in total. The third kappa shape index (κ3) is 4.25. The fraction of sp³-hybridized carbons (Fsp3) is 0.444. The van der Waals surface area contributed by atoms with E-state index in [9.17, 15) is 4.79 Å². The van der Waals surface area contributed by atoms with Crippen molar-refractivity contribution in [3.05, 3.63) is 40.2 Å². The first-order valence-electron chi connectivity index (χ1n) is 8.55. The van der Waals surface area contributed by atoms with Gasteiger partial charge in [-0.1, -0.05) is 16.8 Å². The number of urea groups is 1. The minimum absolute atomic E-state index is 0.277. The molecular weight excluding hydrogens is 340 g/mol. The Hall–Kier alpha value is -2.21. The second-order valence-electron chi connectivity index (χ2n) is 6.32. The predicted octanol–water partition coefficient (Wildman–Crippen LogP) is 4.26. The van der Waals surface area contributed by atoms with Crippen LogP contribution in [-0.2, 0) is 6.54 Å². The molecule has 1 aromatic heterocycles. The fourth-order valence-corrected chi connectivity index (χ4v) is 3.28. The molecule has 7 heteroatoms. The standard InChI is InChI=1S/C18H23ClN4O2/c1-12-15(13(2)25-22-12)11-20-18(24)21-16-10-14(19)6-7-17(16)23-8-4-3-5-9-23/h6-7,10H,3-5,8-9,11H2,1-2H3,(H2,20,21,24). The van der Waals surface area contributed by atoms with Gasteiger partial charge in [0.2, 0.25) is 0 Å². The Bertz CT molecular complexity index is 734. The summed E-state index contributed by atoms with van der Waals surface area (Å²) in [6.07, 6.45) is 3.59. The van der Waals surface area contributed by atoms with E-state index in [1.807, 2.05) is 26.0 Å². The summed E-state index contributed by atoms with van der Waals surface area (Å²) in [4.78, 5) is 14.6. The van der Waals surface area contributed by atoms with Crippen LogP contribution in [0, 0.1) is 13.8 Å². The van der Waals surface area contributed by atoms with E-state index in [0.717, 1.165) is 41.5 Å². The van der Waals surface area contributed by atoms with Gasteiger partial charge in [0.25, 0.3) is 0 Å². The molecular formula is C18H23ClN4O2. The molecule has 0 bridgehead atoms. The maximum absolute atomic E-state index is 12.3. The van der Waals surface area contributed by atoms with E-state index in [1.54, 1.807) is 6.07 Å². The number of halogens is 1. The minimum Gasteiger partial charge on any atom is -0.370 e. The molecule has 1 aromatic carbocycles. The number of hydrogen-bond donors (Lipinski definition) is 2. The lowest BCUT2D eigenvalue weighted by Gasteiger charge is -2.30. The highest BCUT2D eigenvalue weighted by Gasteiger charge is 2.17. The van der Waals surface area contributed by atoms with Gasteiger partial charge in [0.05, 0.1) is 17.1 Å². The van der Waals surface area contributed by atoms with Gasteiger partial charge in [-0.25, -0.2) is 4.79 Å². The van der Waals surface area contributed by atoms with Crippen LogP contribution in [0.25, 0.3) is 0 Å². The van der Waals surface area contributed by atoms with Gasteiger partial charge in [0, 0.05) is 30.2 Å². The molecule has 0 spiro atoms. The molecule has 0 unspecified atom stereocenters. The normalized spacial score (nSPS) is 14.4. The maximum atomic E-state index is 12.3. The van der Waals surface area contributed by atoms with Crippen LogP contribution in [0.2, 0.25) is 5.02 Å². The molecule has 1 aliphatic rings. The van der Waals surface area contributed by atoms with Crippen molar-refractivity contribution in [1.29, 1.82) is 0 Å². The molecule has 2 N–H and O–H groups in total. The lowest BCUT2D eigenvalue weighted by molar-refractivity contribution is 0.251. The average molecular weight is 363 g/mol. The summed E-state index contributed by atoms with van der Waals surface area (Å²) >= 11 is 6.13. The van der Waals surface area contributed by atoms with Gasteiger partial charge in [-0.3, -0.25) is 0 Å². The van der Waals surface area contributed by atoms with E-state index in [2.05, 4.69) is 20.7 Å². The predicted molar refractivity (Wildman–Crippen MR) is 99.4 cm³/mol. The van der Waals surface area contributed by atoms with Gasteiger partial charge in [-0.05, 0) is 51.3 Å². The van der Waals surface area contributed by atoms with Gasteiger partial charge in [0.1, 0.15) is 5.76 Å². The van der Waals surface area contributed by atoms with Crippen molar-refractivity contribution in [2.45, 2.75) is 39.7 Å². The summed E-state index contributed by atoms with van der Waals surface area (Å²) in [5.74, 6) is 0.717.